The maximum atomic E-state index is 13.6. The molecule has 1 saturated carbocycles. The van der Waals surface area contributed by atoms with E-state index in [0.717, 1.165) is 53.9 Å². The molecule has 2 aromatic rings. The summed E-state index contributed by atoms with van der Waals surface area (Å²) in [6.07, 6.45) is 7.19. The van der Waals surface area contributed by atoms with E-state index < -0.39 is 5.97 Å². The van der Waals surface area contributed by atoms with Crippen molar-refractivity contribution in [2.24, 2.45) is 0 Å². The van der Waals surface area contributed by atoms with Crippen molar-refractivity contribution in [3.63, 3.8) is 0 Å². The standard InChI is InChI=1S/C27H31ClN2O3/c1-16-11-12-21(28)15-24(16)29-17(2)13-20(18(29)3)14-23-25(27(32)33-5)19(4)30(26(23)31)22-9-7-6-8-10-22/h11-15,22H,6-10H2,1-5H3/b23-14-. The lowest BCUT2D eigenvalue weighted by atomic mass is 9.94. The van der Waals surface area contributed by atoms with Gasteiger partial charge >= 0.3 is 5.97 Å². The maximum Gasteiger partial charge on any atom is 0.340 e. The number of halogens is 1. The topological polar surface area (TPSA) is 51.5 Å². The van der Waals surface area contributed by atoms with Gasteiger partial charge in [0.1, 0.15) is 0 Å². The number of aryl methyl sites for hydroxylation is 2. The molecule has 4 rings (SSSR count). The lowest BCUT2D eigenvalue weighted by Crippen LogP contribution is -2.37. The highest BCUT2D eigenvalue weighted by Gasteiger charge is 2.40. The fourth-order valence-corrected chi connectivity index (χ4v) is 5.43. The Labute approximate surface area is 200 Å². The Bertz CT molecular complexity index is 1180. The van der Waals surface area contributed by atoms with Crippen molar-refractivity contribution in [1.29, 1.82) is 0 Å². The highest BCUT2D eigenvalue weighted by atomic mass is 35.5. The van der Waals surface area contributed by atoms with Crippen LogP contribution in [0.4, 0.5) is 0 Å². The third kappa shape index (κ3) is 4.15. The normalized spacial score (nSPS) is 18.5. The zero-order valence-corrected chi connectivity index (χ0v) is 20.8. The number of esters is 1. The number of rotatable bonds is 4. The lowest BCUT2D eigenvalue weighted by Gasteiger charge is -2.32. The number of hydrogen-bond acceptors (Lipinski definition) is 3. The van der Waals surface area contributed by atoms with Gasteiger partial charge in [0.15, 0.2) is 0 Å². The molecule has 33 heavy (non-hydrogen) atoms. The highest BCUT2D eigenvalue weighted by Crippen LogP contribution is 2.37. The van der Waals surface area contributed by atoms with Crippen molar-refractivity contribution < 1.29 is 14.3 Å². The van der Waals surface area contributed by atoms with Crippen LogP contribution in [-0.4, -0.2) is 34.5 Å². The maximum absolute atomic E-state index is 13.6. The number of benzene rings is 1. The zero-order chi connectivity index (χ0) is 23.9. The summed E-state index contributed by atoms with van der Waals surface area (Å²) in [5, 5.41) is 0.670. The summed E-state index contributed by atoms with van der Waals surface area (Å²) in [6.45, 7) is 7.96. The molecule has 5 nitrogen and oxygen atoms in total. The van der Waals surface area contributed by atoms with Crippen LogP contribution in [-0.2, 0) is 14.3 Å². The van der Waals surface area contributed by atoms with E-state index in [1.165, 1.54) is 13.5 Å². The van der Waals surface area contributed by atoms with Crippen LogP contribution < -0.4 is 0 Å². The molecule has 1 aliphatic carbocycles. The van der Waals surface area contributed by atoms with Gasteiger partial charge < -0.3 is 14.2 Å². The van der Waals surface area contributed by atoms with Crippen molar-refractivity contribution in [3.05, 3.63) is 68.6 Å². The van der Waals surface area contributed by atoms with E-state index in [1.807, 2.05) is 62.9 Å². The Morgan fingerprint density at radius 1 is 1.09 bits per heavy atom. The quantitative estimate of drug-likeness (QED) is 0.406. The van der Waals surface area contributed by atoms with Crippen LogP contribution in [0.5, 0.6) is 0 Å². The van der Waals surface area contributed by atoms with Gasteiger partial charge in [0.25, 0.3) is 5.91 Å². The van der Waals surface area contributed by atoms with Crippen molar-refractivity contribution in [1.82, 2.24) is 9.47 Å². The number of nitrogens with zero attached hydrogens (tertiary/aromatic N) is 2. The fourth-order valence-electron chi connectivity index (χ4n) is 5.26. The molecule has 0 saturated heterocycles. The SMILES string of the molecule is COC(=O)C1=C(C)N(C2CCCCC2)C(=O)/C1=C\c1cc(C)n(-c2cc(Cl)ccc2C)c1C. The smallest absolute Gasteiger partial charge is 0.340 e. The van der Waals surface area contributed by atoms with E-state index in [-0.39, 0.29) is 11.9 Å². The minimum Gasteiger partial charge on any atom is -0.465 e. The first-order chi connectivity index (χ1) is 15.7. The van der Waals surface area contributed by atoms with Gasteiger partial charge in [-0.1, -0.05) is 36.9 Å². The molecule has 1 aliphatic heterocycles. The van der Waals surface area contributed by atoms with Crippen LogP contribution in [0.3, 0.4) is 0 Å². The molecule has 6 heteroatoms. The first kappa shape index (κ1) is 23.4. The number of ether oxygens (including phenoxy) is 1. The molecular weight excluding hydrogens is 436 g/mol. The molecule has 0 spiro atoms. The number of carbonyl (C=O) groups is 2. The molecule has 0 unspecified atom stereocenters. The zero-order valence-electron chi connectivity index (χ0n) is 20.0. The van der Waals surface area contributed by atoms with Crippen molar-refractivity contribution in [3.8, 4) is 5.69 Å². The number of amides is 1. The van der Waals surface area contributed by atoms with Gasteiger partial charge in [-0.05, 0) is 75.9 Å². The number of methoxy groups -OCH3 is 1. The third-order valence-corrected chi connectivity index (χ3v) is 7.19. The highest BCUT2D eigenvalue weighted by molar-refractivity contribution is 6.30. The average Bonchev–Trinajstić information content (AvgIpc) is 3.21. The number of aromatic nitrogens is 1. The molecule has 0 atom stereocenters. The summed E-state index contributed by atoms with van der Waals surface area (Å²) < 4.78 is 7.22. The molecule has 0 bridgehead atoms. The van der Waals surface area contributed by atoms with E-state index >= 15 is 0 Å². The van der Waals surface area contributed by atoms with E-state index in [1.54, 1.807) is 0 Å². The number of hydrogen-bond donors (Lipinski definition) is 0. The van der Waals surface area contributed by atoms with Crippen LogP contribution in [0, 0.1) is 20.8 Å². The van der Waals surface area contributed by atoms with E-state index in [9.17, 15) is 9.59 Å². The van der Waals surface area contributed by atoms with Gasteiger partial charge in [-0.3, -0.25) is 4.79 Å². The molecule has 2 aliphatic rings. The molecule has 2 heterocycles. The molecule has 1 aromatic heterocycles. The fraction of sp³-hybridized carbons (Fsp3) is 0.407. The van der Waals surface area contributed by atoms with Crippen LogP contribution in [0.1, 0.15) is 61.5 Å². The first-order valence-electron chi connectivity index (χ1n) is 11.5. The number of carbonyl (C=O) groups excluding carboxylic acids is 2. The summed E-state index contributed by atoms with van der Waals surface area (Å²) in [5.74, 6) is -0.576. The van der Waals surface area contributed by atoms with Crippen LogP contribution in [0.2, 0.25) is 5.02 Å². The Kier molecular flexibility index (Phi) is 6.53. The second-order valence-corrected chi connectivity index (χ2v) is 9.51. The van der Waals surface area contributed by atoms with Crippen molar-refractivity contribution in [2.75, 3.05) is 7.11 Å². The van der Waals surface area contributed by atoms with Crippen molar-refractivity contribution >= 4 is 29.6 Å². The lowest BCUT2D eigenvalue weighted by molar-refractivity contribution is -0.136. The van der Waals surface area contributed by atoms with E-state index in [0.29, 0.717) is 21.9 Å². The Hall–Kier alpha value is -2.79. The monoisotopic (exact) mass is 466 g/mol. The molecule has 1 aromatic carbocycles. The van der Waals surface area contributed by atoms with Gasteiger partial charge in [-0.15, -0.1) is 0 Å². The Morgan fingerprint density at radius 2 is 1.79 bits per heavy atom. The van der Waals surface area contributed by atoms with Crippen LogP contribution in [0.25, 0.3) is 11.8 Å². The molecule has 0 radical (unpaired) electrons. The Morgan fingerprint density at radius 3 is 2.45 bits per heavy atom. The second kappa shape index (κ2) is 9.22. The van der Waals surface area contributed by atoms with Gasteiger partial charge in [-0.2, -0.15) is 0 Å². The van der Waals surface area contributed by atoms with E-state index in [4.69, 9.17) is 16.3 Å². The number of allylic oxidation sites excluding steroid dienone is 1. The molecular formula is C27H31ClN2O3. The molecule has 1 amide bonds. The molecule has 174 valence electrons. The summed E-state index contributed by atoms with van der Waals surface area (Å²) in [5.41, 5.74) is 6.50. The average molecular weight is 467 g/mol. The molecule has 1 fully saturated rings. The van der Waals surface area contributed by atoms with E-state index in [2.05, 4.69) is 4.57 Å². The first-order valence-corrected chi connectivity index (χ1v) is 11.9. The summed E-state index contributed by atoms with van der Waals surface area (Å²) in [4.78, 5) is 28.2. The van der Waals surface area contributed by atoms with Crippen LogP contribution >= 0.6 is 11.6 Å². The Balaban J connectivity index is 1.81. The summed E-state index contributed by atoms with van der Waals surface area (Å²) in [7, 11) is 1.36. The van der Waals surface area contributed by atoms with Gasteiger partial charge in [0, 0.05) is 33.8 Å². The minimum atomic E-state index is -0.468. The third-order valence-electron chi connectivity index (χ3n) is 6.95. The summed E-state index contributed by atoms with van der Waals surface area (Å²) >= 11 is 6.28. The largest absolute Gasteiger partial charge is 0.465 e. The van der Waals surface area contributed by atoms with Gasteiger partial charge in [-0.25, -0.2) is 4.79 Å². The summed E-state index contributed by atoms with van der Waals surface area (Å²) in [6, 6.07) is 8.01. The van der Waals surface area contributed by atoms with Crippen molar-refractivity contribution in [2.45, 2.75) is 65.8 Å². The predicted molar refractivity (Wildman–Crippen MR) is 131 cm³/mol. The van der Waals surface area contributed by atoms with Gasteiger partial charge in [0.2, 0.25) is 0 Å². The van der Waals surface area contributed by atoms with Gasteiger partial charge in [0.05, 0.1) is 18.3 Å². The van der Waals surface area contributed by atoms with Crippen LogP contribution in [0.15, 0.2) is 41.1 Å². The predicted octanol–water partition coefficient (Wildman–Crippen LogP) is 6.06. The minimum absolute atomic E-state index is 0.108. The molecule has 0 N–H and O–H groups in total. The second-order valence-electron chi connectivity index (χ2n) is 9.07.